The predicted molar refractivity (Wildman–Crippen MR) is 105 cm³/mol. The minimum atomic E-state index is -3.65. The summed E-state index contributed by atoms with van der Waals surface area (Å²) in [5, 5.41) is 0. The van der Waals surface area contributed by atoms with Crippen molar-refractivity contribution in [3.05, 3.63) is 53.3 Å². The summed E-state index contributed by atoms with van der Waals surface area (Å²) in [6.45, 7) is 4.17. The van der Waals surface area contributed by atoms with Gasteiger partial charge in [-0.2, -0.15) is 4.31 Å². The topological polar surface area (TPSA) is 59.1 Å². The van der Waals surface area contributed by atoms with Crippen LogP contribution in [0.15, 0.2) is 41.3 Å². The third-order valence-electron chi connectivity index (χ3n) is 4.90. The molecule has 2 aromatic carbocycles. The average Bonchev–Trinajstić information content (AvgIpc) is 2.68. The first kappa shape index (κ1) is 20.6. The normalized spacial score (nSPS) is 16.1. The second-order valence-corrected chi connectivity index (χ2v) is 8.70. The zero-order valence-corrected chi connectivity index (χ0v) is 17.1. The monoisotopic (exact) mass is 408 g/mol. The Labute approximate surface area is 165 Å². The third kappa shape index (κ3) is 4.29. The fraction of sp³-hybridized carbons (Fsp3) is 0.400. The fourth-order valence-electron chi connectivity index (χ4n) is 3.36. The van der Waals surface area contributed by atoms with E-state index in [1.807, 2.05) is 13.0 Å². The third-order valence-corrected chi connectivity index (χ3v) is 6.82. The highest BCUT2D eigenvalue weighted by molar-refractivity contribution is 7.89. The van der Waals surface area contributed by atoms with Crippen molar-refractivity contribution in [3.63, 3.8) is 0 Å². The number of rotatable bonds is 6. The van der Waals surface area contributed by atoms with Gasteiger partial charge in [0, 0.05) is 38.3 Å². The summed E-state index contributed by atoms with van der Waals surface area (Å²) in [6.07, 6.45) is 0. The predicted octanol–water partition coefficient (Wildman–Crippen LogP) is 2.66. The van der Waals surface area contributed by atoms with Crippen molar-refractivity contribution in [2.75, 3.05) is 40.4 Å². The van der Waals surface area contributed by atoms with Gasteiger partial charge in [0.05, 0.1) is 14.2 Å². The maximum atomic E-state index is 13.6. The highest BCUT2D eigenvalue weighted by atomic mass is 32.2. The minimum Gasteiger partial charge on any atom is -0.496 e. The minimum absolute atomic E-state index is 0.190. The van der Waals surface area contributed by atoms with Crippen LogP contribution in [0.5, 0.6) is 11.5 Å². The van der Waals surface area contributed by atoms with Crippen LogP contribution in [0.4, 0.5) is 4.39 Å². The first-order valence-corrected chi connectivity index (χ1v) is 10.5. The number of halogens is 1. The van der Waals surface area contributed by atoms with Crippen LogP contribution >= 0.6 is 0 Å². The van der Waals surface area contributed by atoms with Crippen molar-refractivity contribution in [2.45, 2.75) is 18.4 Å². The van der Waals surface area contributed by atoms with Crippen molar-refractivity contribution in [2.24, 2.45) is 0 Å². The molecule has 8 heteroatoms. The highest BCUT2D eigenvalue weighted by Crippen LogP contribution is 2.29. The lowest BCUT2D eigenvalue weighted by molar-refractivity contribution is 0.179. The van der Waals surface area contributed by atoms with Crippen LogP contribution < -0.4 is 9.47 Å². The lowest BCUT2D eigenvalue weighted by Crippen LogP contribution is -2.48. The summed E-state index contributed by atoms with van der Waals surface area (Å²) >= 11 is 0. The largest absolute Gasteiger partial charge is 0.496 e. The number of nitrogens with zero attached hydrogens (tertiary/aromatic N) is 2. The Morgan fingerprint density at radius 1 is 0.964 bits per heavy atom. The first-order valence-electron chi connectivity index (χ1n) is 9.04. The molecule has 0 unspecified atom stereocenters. The van der Waals surface area contributed by atoms with E-state index in [4.69, 9.17) is 9.47 Å². The van der Waals surface area contributed by atoms with Crippen molar-refractivity contribution in [1.82, 2.24) is 9.21 Å². The van der Waals surface area contributed by atoms with E-state index in [9.17, 15) is 12.8 Å². The molecular formula is C20H25FN2O4S. The Morgan fingerprint density at radius 3 is 2.25 bits per heavy atom. The van der Waals surface area contributed by atoms with Crippen molar-refractivity contribution in [1.29, 1.82) is 0 Å². The van der Waals surface area contributed by atoms with Crippen LogP contribution in [-0.4, -0.2) is 58.0 Å². The molecule has 3 rings (SSSR count). The molecule has 1 aliphatic heterocycles. The van der Waals surface area contributed by atoms with Gasteiger partial charge >= 0.3 is 0 Å². The molecule has 1 aliphatic rings. The van der Waals surface area contributed by atoms with Gasteiger partial charge in [-0.3, -0.25) is 4.90 Å². The zero-order valence-electron chi connectivity index (χ0n) is 16.3. The van der Waals surface area contributed by atoms with Gasteiger partial charge in [0.15, 0.2) is 0 Å². The van der Waals surface area contributed by atoms with E-state index in [2.05, 4.69) is 4.90 Å². The maximum Gasteiger partial charge on any atom is 0.246 e. The standard InChI is InChI=1S/C20H25FN2O4S/c1-15-4-6-19(27-3)20(12-15)28(24,25)23-10-8-22(9-11-23)14-16-13-17(21)5-7-18(16)26-2/h4-7,12-13H,8-11,14H2,1-3H3. The quantitative estimate of drug-likeness (QED) is 0.736. The Bertz CT molecular complexity index is 941. The molecule has 0 amide bonds. The van der Waals surface area contributed by atoms with Gasteiger partial charge in [0.25, 0.3) is 0 Å². The molecule has 0 bridgehead atoms. The maximum absolute atomic E-state index is 13.6. The van der Waals surface area contributed by atoms with E-state index in [-0.39, 0.29) is 10.7 Å². The summed E-state index contributed by atoms with van der Waals surface area (Å²) in [5.74, 6) is 0.655. The fourth-order valence-corrected chi connectivity index (χ4v) is 5.03. The van der Waals surface area contributed by atoms with E-state index in [0.29, 0.717) is 44.2 Å². The molecule has 6 nitrogen and oxygen atoms in total. The van der Waals surface area contributed by atoms with Crippen molar-refractivity contribution < 1.29 is 22.3 Å². The molecule has 1 heterocycles. The van der Waals surface area contributed by atoms with Gasteiger partial charge in [-0.25, -0.2) is 12.8 Å². The second kappa shape index (κ2) is 8.46. The van der Waals surface area contributed by atoms with E-state index < -0.39 is 10.0 Å². The lowest BCUT2D eigenvalue weighted by atomic mass is 10.1. The Balaban J connectivity index is 1.72. The molecule has 1 fully saturated rings. The van der Waals surface area contributed by atoms with Gasteiger partial charge in [0.2, 0.25) is 10.0 Å². The SMILES string of the molecule is COc1ccc(F)cc1CN1CCN(S(=O)(=O)c2cc(C)ccc2OC)CC1. The van der Waals surface area contributed by atoms with Gasteiger partial charge in [0.1, 0.15) is 22.2 Å². The van der Waals surface area contributed by atoms with Crippen LogP contribution in [0.3, 0.4) is 0 Å². The molecule has 0 N–H and O–H groups in total. The molecule has 0 radical (unpaired) electrons. The molecule has 0 aromatic heterocycles. The summed E-state index contributed by atoms with van der Waals surface area (Å²) in [5.41, 5.74) is 1.61. The number of hydrogen-bond acceptors (Lipinski definition) is 5. The van der Waals surface area contributed by atoms with Crippen molar-refractivity contribution in [3.8, 4) is 11.5 Å². The number of methoxy groups -OCH3 is 2. The summed E-state index contributed by atoms with van der Waals surface area (Å²) in [6, 6.07) is 9.56. The second-order valence-electron chi connectivity index (χ2n) is 6.79. The molecule has 0 saturated carbocycles. The highest BCUT2D eigenvalue weighted by Gasteiger charge is 2.31. The number of benzene rings is 2. The number of piperazine rings is 1. The van der Waals surface area contributed by atoms with Crippen LogP contribution in [0, 0.1) is 12.7 Å². The molecule has 2 aromatic rings. The van der Waals surface area contributed by atoms with E-state index in [1.54, 1.807) is 25.3 Å². The van der Waals surface area contributed by atoms with Gasteiger partial charge in [-0.1, -0.05) is 6.07 Å². The van der Waals surface area contributed by atoms with Crippen LogP contribution in [0.1, 0.15) is 11.1 Å². The Hall–Kier alpha value is -2.16. The van der Waals surface area contributed by atoms with E-state index in [0.717, 1.165) is 11.1 Å². The number of sulfonamides is 1. The van der Waals surface area contributed by atoms with E-state index >= 15 is 0 Å². The average molecular weight is 408 g/mol. The molecule has 0 atom stereocenters. The first-order chi connectivity index (χ1) is 13.3. The van der Waals surface area contributed by atoms with Crippen molar-refractivity contribution >= 4 is 10.0 Å². The van der Waals surface area contributed by atoms with Gasteiger partial charge < -0.3 is 9.47 Å². The molecule has 0 aliphatic carbocycles. The van der Waals surface area contributed by atoms with Gasteiger partial charge in [-0.15, -0.1) is 0 Å². The van der Waals surface area contributed by atoms with Crippen LogP contribution in [0.2, 0.25) is 0 Å². The van der Waals surface area contributed by atoms with Crippen LogP contribution in [0.25, 0.3) is 0 Å². The van der Waals surface area contributed by atoms with Gasteiger partial charge in [-0.05, 0) is 42.8 Å². The van der Waals surface area contributed by atoms with Crippen LogP contribution in [-0.2, 0) is 16.6 Å². The summed E-state index contributed by atoms with van der Waals surface area (Å²) in [4.78, 5) is 2.28. The molecule has 0 spiro atoms. The molecule has 152 valence electrons. The zero-order chi connectivity index (χ0) is 20.3. The number of hydrogen-bond donors (Lipinski definition) is 0. The summed E-state index contributed by atoms with van der Waals surface area (Å²) in [7, 11) is -0.628. The molecule has 1 saturated heterocycles. The van der Waals surface area contributed by atoms with E-state index in [1.165, 1.54) is 23.5 Å². The lowest BCUT2D eigenvalue weighted by Gasteiger charge is -2.34. The molecule has 28 heavy (non-hydrogen) atoms. The number of ether oxygens (including phenoxy) is 2. The Morgan fingerprint density at radius 2 is 1.61 bits per heavy atom. The number of aryl methyl sites for hydroxylation is 1. The summed E-state index contributed by atoms with van der Waals surface area (Å²) < 4.78 is 51.8. The smallest absolute Gasteiger partial charge is 0.246 e. The Kier molecular flexibility index (Phi) is 6.22. The molecular weight excluding hydrogens is 383 g/mol.